The lowest BCUT2D eigenvalue weighted by molar-refractivity contribution is -0.155. The van der Waals surface area contributed by atoms with Crippen molar-refractivity contribution in [2.45, 2.75) is 64.0 Å². The molecule has 2 atom stereocenters. The fourth-order valence-electron chi connectivity index (χ4n) is 2.84. The molecule has 0 bridgehead atoms. The number of nitrogens with two attached hydrogens (primary N) is 1. The molecule has 2 aliphatic carbocycles. The summed E-state index contributed by atoms with van der Waals surface area (Å²) in [7, 11) is 0. The van der Waals surface area contributed by atoms with Crippen molar-refractivity contribution < 1.29 is 9.53 Å². The Kier molecular flexibility index (Phi) is 3.85. The SMILES string of the molecule is CC1CCC(OC(=O)[C@@H]2CC[C@H](N)C2)CC1. The van der Waals surface area contributed by atoms with E-state index in [9.17, 15) is 4.79 Å². The topological polar surface area (TPSA) is 52.3 Å². The number of ether oxygens (including phenoxy) is 1. The van der Waals surface area contributed by atoms with Crippen LogP contribution in [0.15, 0.2) is 0 Å². The molecule has 0 aromatic carbocycles. The Morgan fingerprint density at radius 1 is 1.12 bits per heavy atom. The molecule has 2 rings (SSSR count). The first-order valence-corrected chi connectivity index (χ1v) is 6.61. The maximum atomic E-state index is 11.9. The molecule has 0 saturated heterocycles. The molecule has 2 fully saturated rings. The van der Waals surface area contributed by atoms with E-state index in [1.54, 1.807) is 0 Å². The summed E-state index contributed by atoms with van der Waals surface area (Å²) in [6.07, 6.45) is 7.38. The van der Waals surface area contributed by atoms with Gasteiger partial charge in [0.2, 0.25) is 0 Å². The summed E-state index contributed by atoms with van der Waals surface area (Å²) in [4.78, 5) is 11.9. The van der Waals surface area contributed by atoms with Crippen LogP contribution < -0.4 is 5.73 Å². The Morgan fingerprint density at radius 2 is 1.81 bits per heavy atom. The molecule has 0 aliphatic heterocycles. The fourth-order valence-corrected chi connectivity index (χ4v) is 2.84. The summed E-state index contributed by atoms with van der Waals surface area (Å²) in [5.74, 6) is 0.886. The van der Waals surface area contributed by atoms with Crippen LogP contribution in [-0.2, 0) is 9.53 Å². The van der Waals surface area contributed by atoms with Crippen LogP contribution in [0.25, 0.3) is 0 Å². The minimum atomic E-state index is 0.00695. The minimum Gasteiger partial charge on any atom is -0.462 e. The lowest BCUT2D eigenvalue weighted by Crippen LogP contribution is -2.27. The fraction of sp³-hybridized carbons (Fsp3) is 0.923. The molecular weight excluding hydrogens is 202 g/mol. The van der Waals surface area contributed by atoms with Crippen LogP contribution in [0.4, 0.5) is 0 Å². The summed E-state index contributed by atoms with van der Waals surface area (Å²) in [5.41, 5.74) is 5.81. The van der Waals surface area contributed by atoms with Gasteiger partial charge < -0.3 is 10.5 Å². The van der Waals surface area contributed by atoms with Crippen molar-refractivity contribution in [3.05, 3.63) is 0 Å². The highest BCUT2D eigenvalue weighted by molar-refractivity contribution is 5.73. The lowest BCUT2D eigenvalue weighted by atomic mass is 9.89. The number of esters is 1. The van der Waals surface area contributed by atoms with E-state index in [-0.39, 0.29) is 24.0 Å². The molecule has 3 heteroatoms. The van der Waals surface area contributed by atoms with Crippen LogP contribution in [0.3, 0.4) is 0 Å². The number of carbonyl (C=O) groups is 1. The van der Waals surface area contributed by atoms with Crippen molar-refractivity contribution in [2.75, 3.05) is 0 Å². The monoisotopic (exact) mass is 225 g/mol. The Balaban J connectivity index is 1.75. The Hall–Kier alpha value is -0.570. The van der Waals surface area contributed by atoms with Crippen molar-refractivity contribution in [3.63, 3.8) is 0 Å². The molecule has 0 aromatic heterocycles. The number of rotatable bonds is 2. The third kappa shape index (κ3) is 2.97. The molecule has 92 valence electrons. The second-order valence-electron chi connectivity index (χ2n) is 5.59. The zero-order chi connectivity index (χ0) is 11.5. The van der Waals surface area contributed by atoms with Crippen molar-refractivity contribution in [1.82, 2.24) is 0 Å². The average molecular weight is 225 g/mol. The average Bonchev–Trinajstić information content (AvgIpc) is 2.68. The zero-order valence-corrected chi connectivity index (χ0v) is 10.2. The zero-order valence-electron chi connectivity index (χ0n) is 10.2. The summed E-state index contributed by atoms with van der Waals surface area (Å²) >= 11 is 0. The van der Waals surface area contributed by atoms with Crippen molar-refractivity contribution in [3.8, 4) is 0 Å². The standard InChI is InChI=1S/C13H23NO2/c1-9-2-6-12(7-3-9)16-13(15)10-4-5-11(14)8-10/h9-12H,2-8,14H2,1H3/t9?,10-,11+,12?/m1/s1. The third-order valence-electron chi connectivity index (χ3n) is 4.05. The highest BCUT2D eigenvalue weighted by Crippen LogP contribution is 2.29. The molecular formula is C13H23NO2. The van der Waals surface area contributed by atoms with E-state index in [0.717, 1.165) is 38.0 Å². The summed E-state index contributed by atoms with van der Waals surface area (Å²) in [6, 6.07) is 0.212. The maximum absolute atomic E-state index is 11.9. The predicted molar refractivity (Wildman–Crippen MR) is 62.8 cm³/mol. The van der Waals surface area contributed by atoms with Gasteiger partial charge in [0.25, 0.3) is 0 Å². The van der Waals surface area contributed by atoms with Gasteiger partial charge in [-0.25, -0.2) is 0 Å². The van der Waals surface area contributed by atoms with Crippen LogP contribution in [-0.4, -0.2) is 18.1 Å². The highest BCUT2D eigenvalue weighted by Gasteiger charge is 2.31. The molecule has 16 heavy (non-hydrogen) atoms. The largest absolute Gasteiger partial charge is 0.462 e. The van der Waals surface area contributed by atoms with Gasteiger partial charge in [0.15, 0.2) is 0 Å². The molecule has 0 radical (unpaired) electrons. The molecule has 2 N–H and O–H groups in total. The lowest BCUT2D eigenvalue weighted by Gasteiger charge is -2.27. The van der Waals surface area contributed by atoms with Crippen LogP contribution in [0.2, 0.25) is 0 Å². The van der Waals surface area contributed by atoms with Gasteiger partial charge in [0.05, 0.1) is 5.92 Å². The molecule has 2 aliphatic rings. The van der Waals surface area contributed by atoms with Gasteiger partial charge in [-0.05, 0) is 50.9 Å². The minimum absolute atomic E-state index is 0.00695. The van der Waals surface area contributed by atoms with E-state index in [1.807, 2.05) is 0 Å². The summed E-state index contributed by atoms with van der Waals surface area (Å²) in [5, 5.41) is 0. The second-order valence-corrected chi connectivity index (χ2v) is 5.59. The molecule has 0 aromatic rings. The molecule has 3 nitrogen and oxygen atoms in total. The van der Waals surface area contributed by atoms with Gasteiger partial charge in [-0.3, -0.25) is 4.79 Å². The molecule has 0 heterocycles. The van der Waals surface area contributed by atoms with Crippen molar-refractivity contribution in [1.29, 1.82) is 0 Å². The van der Waals surface area contributed by atoms with Crippen molar-refractivity contribution >= 4 is 5.97 Å². The summed E-state index contributed by atoms with van der Waals surface area (Å²) < 4.78 is 5.58. The normalized spacial score (nSPS) is 39.6. The van der Waals surface area contributed by atoms with Crippen LogP contribution >= 0.6 is 0 Å². The number of carbonyl (C=O) groups excluding carboxylic acids is 1. The molecule has 0 spiro atoms. The number of hydrogen-bond acceptors (Lipinski definition) is 3. The molecule has 0 unspecified atom stereocenters. The van der Waals surface area contributed by atoms with Crippen LogP contribution in [0.5, 0.6) is 0 Å². The van der Waals surface area contributed by atoms with Gasteiger partial charge in [-0.1, -0.05) is 6.92 Å². The highest BCUT2D eigenvalue weighted by atomic mass is 16.5. The Bertz CT molecular complexity index is 246. The van der Waals surface area contributed by atoms with E-state index in [4.69, 9.17) is 10.5 Å². The van der Waals surface area contributed by atoms with Gasteiger partial charge >= 0.3 is 5.97 Å². The van der Waals surface area contributed by atoms with E-state index >= 15 is 0 Å². The molecule has 0 amide bonds. The summed E-state index contributed by atoms with van der Waals surface area (Å²) in [6.45, 7) is 2.27. The van der Waals surface area contributed by atoms with E-state index in [2.05, 4.69) is 6.92 Å². The van der Waals surface area contributed by atoms with Crippen molar-refractivity contribution in [2.24, 2.45) is 17.6 Å². The predicted octanol–water partition coefficient (Wildman–Crippen LogP) is 2.24. The quantitative estimate of drug-likeness (QED) is 0.733. The van der Waals surface area contributed by atoms with E-state index in [0.29, 0.717) is 0 Å². The number of hydrogen-bond donors (Lipinski definition) is 1. The van der Waals surface area contributed by atoms with Gasteiger partial charge in [-0.2, -0.15) is 0 Å². The first kappa shape index (κ1) is 11.9. The molecule has 2 saturated carbocycles. The van der Waals surface area contributed by atoms with E-state index in [1.165, 1.54) is 12.8 Å². The van der Waals surface area contributed by atoms with Crippen LogP contribution in [0, 0.1) is 11.8 Å². The second kappa shape index (κ2) is 5.17. The van der Waals surface area contributed by atoms with E-state index < -0.39 is 0 Å². The first-order valence-electron chi connectivity index (χ1n) is 6.61. The van der Waals surface area contributed by atoms with Crippen LogP contribution in [0.1, 0.15) is 51.9 Å². The first-order chi connectivity index (χ1) is 7.65. The smallest absolute Gasteiger partial charge is 0.309 e. The van der Waals surface area contributed by atoms with Gasteiger partial charge in [-0.15, -0.1) is 0 Å². The Labute approximate surface area is 97.7 Å². The Morgan fingerprint density at radius 3 is 2.38 bits per heavy atom. The third-order valence-corrected chi connectivity index (χ3v) is 4.05. The van der Waals surface area contributed by atoms with Gasteiger partial charge in [0.1, 0.15) is 6.10 Å². The maximum Gasteiger partial charge on any atom is 0.309 e. The van der Waals surface area contributed by atoms with Gasteiger partial charge in [0, 0.05) is 6.04 Å².